The van der Waals surface area contributed by atoms with Gasteiger partial charge in [-0.25, -0.2) is 0 Å². The molecule has 4 rings (SSSR count). The first-order valence-electron chi connectivity index (χ1n) is 9.28. The van der Waals surface area contributed by atoms with Crippen LogP contribution in [-0.4, -0.2) is 37.3 Å². The number of hydrogen-bond donors (Lipinski definition) is 3. The van der Waals surface area contributed by atoms with Gasteiger partial charge in [-0.3, -0.25) is 10.1 Å². The van der Waals surface area contributed by atoms with Crippen molar-refractivity contribution in [2.24, 2.45) is 0 Å². The van der Waals surface area contributed by atoms with Gasteiger partial charge in [0.25, 0.3) is 5.91 Å². The van der Waals surface area contributed by atoms with Crippen molar-refractivity contribution in [2.75, 3.05) is 31.6 Å². The Bertz CT molecular complexity index is 945. The van der Waals surface area contributed by atoms with Crippen LogP contribution in [0.5, 0.6) is 0 Å². The first-order valence-corrected chi connectivity index (χ1v) is 9.69. The summed E-state index contributed by atoms with van der Waals surface area (Å²) in [5.74, 6) is -0.143. The minimum absolute atomic E-state index is 0.231. The van der Waals surface area contributed by atoms with Crippen LogP contribution < -0.4 is 15.5 Å². The van der Waals surface area contributed by atoms with Crippen LogP contribution in [0.2, 0.25) is 0 Å². The lowest BCUT2D eigenvalue weighted by Gasteiger charge is -2.23. The Labute approximate surface area is 168 Å². The number of thiocarbonyl (C=S) groups is 1. The normalized spacial score (nSPS) is 14.7. The summed E-state index contributed by atoms with van der Waals surface area (Å²) in [6.45, 7) is 4.72. The predicted molar refractivity (Wildman–Crippen MR) is 112 cm³/mol. The fraction of sp³-hybridized carbons (Fsp3) is 0.238. The Kier molecular flexibility index (Phi) is 5.66. The van der Waals surface area contributed by atoms with Crippen molar-refractivity contribution in [3.05, 3.63) is 65.9 Å². The van der Waals surface area contributed by atoms with Crippen LogP contribution in [0, 0.1) is 0 Å². The minimum atomic E-state index is -0.374. The van der Waals surface area contributed by atoms with Gasteiger partial charge >= 0.3 is 0 Å². The fourth-order valence-corrected chi connectivity index (χ4v) is 3.46. The number of rotatable bonds is 4. The molecule has 0 radical (unpaired) electrons. The molecule has 2 heterocycles. The third kappa shape index (κ3) is 4.56. The number of amides is 1. The number of furan rings is 1. The van der Waals surface area contributed by atoms with Gasteiger partial charge in [-0.05, 0) is 36.5 Å². The number of ether oxygens (including phenoxy) is 1. The first kappa shape index (κ1) is 18.6. The highest BCUT2D eigenvalue weighted by Gasteiger charge is 2.15. The maximum absolute atomic E-state index is 12.3. The second kappa shape index (κ2) is 8.52. The van der Waals surface area contributed by atoms with Crippen molar-refractivity contribution in [1.82, 2.24) is 5.32 Å². The van der Waals surface area contributed by atoms with E-state index in [1.807, 2.05) is 36.4 Å². The summed E-state index contributed by atoms with van der Waals surface area (Å²) >= 11 is 5.25. The molecule has 0 saturated carbocycles. The number of morpholine rings is 1. The zero-order chi connectivity index (χ0) is 19.3. The Balaban J connectivity index is 1.32. The molecule has 0 bridgehead atoms. The molecular formula is C21H22N3O3S+. The number of anilines is 1. The lowest BCUT2D eigenvalue weighted by molar-refractivity contribution is -0.921. The van der Waals surface area contributed by atoms with E-state index in [2.05, 4.69) is 22.8 Å². The number of nitrogens with one attached hydrogen (secondary N) is 3. The summed E-state index contributed by atoms with van der Waals surface area (Å²) in [5, 5.41) is 6.81. The molecule has 0 atom stereocenters. The number of hydrogen-bond acceptors (Lipinski definition) is 4. The van der Waals surface area contributed by atoms with E-state index in [9.17, 15) is 4.79 Å². The molecular weight excluding hydrogens is 374 g/mol. The molecule has 1 aromatic heterocycles. The van der Waals surface area contributed by atoms with Crippen LogP contribution in [0.3, 0.4) is 0 Å². The quantitative estimate of drug-likeness (QED) is 0.589. The van der Waals surface area contributed by atoms with E-state index in [-0.39, 0.29) is 16.8 Å². The second-order valence-electron chi connectivity index (χ2n) is 6.79. The lowest BCUT2D eigenvalue weighted by atomic mass is 10.2. The summed E-state index contributed by atoms with van der Waals surface area (Å²) in [4.78, 5) is 13.9. The molecule has 1 aliphatic rings. The van der Waals surface area contributed by atoms with Gasteiger partial charge in [-0.1, -0.05) is 30.3 Å². The monoisotopic (exact) mass is 396 g/mol. The Morgan fingerprint density at radius 3 is 2.57 bits per heavy atom. The largest absolute Gasteiger partial charge is 0.451 e. The average Bonchev–Trinajstić information content (AvgIpc) is 3.15. The smallest absolute Gasteiger partial charge is 0.293 e. The molecule has 0 spiro atoms. The zero-order valence-electron chi connectivity index (χ0n) is 15.4. The van der Waals surface area contributed by atoms with Gasteiger partial charge in [0, 0.05) is 16.6 Å². The third-order valence-electron chi connectivity index (χ3n) is 4.74. The average molecular weight is 396 g/mol. The molecule has 1 saturated heterocycles. The van der Waals surface area contributed by atoms with Gasteiger partial charge in [0.2, 0.25) is 0 Å². The van der Waals surface area contributed by atoms with E-state index in [1.54, 1.807) is 6.07 Å². The van der Waals surface area contributed by atoms with E-state index >= 15 is 0 Å². The van der Waals surface area contributed by atoms with E-state index < -0.39 is 0 Å². The van der Waals surface area contributed by atoms with E-state index in [0.29, 0.717) is 5.58 Å². The van der Waals surface area contributed by atoms with Crippen LogP contribution in [-0.2, 0) is 11.3 Å². The molecule has 0 unspecified atom stereocenters. The van der Waals surface area contributed by atoms with Crippen molar-refractivity contribution in [3.63, 3.8) is 0 Å². The molecule has 1 amide bonds. The summed E-state index contributed by atoms with van der Waals surface area (Å²) < 4.78 is 11.0. The van der Waals surface area contributed by atoms with Crippen molar-refractivity contribution < 1.29 is 18.8 Å². The van der Waals surface area contributed by atoms with E-state index in [0.717, 1.165) is 43.9 Å². The molecule has 6 nitrogen and oxygen atoms in total. The third-order valence-corrected chi connectivity index (χ3v) is 4.95. The molecule has 28 heavy (non-hydrogen) atoms. The molecule has 3 N–H and O–H groups in total. The minimum Gasteiger partial charge on any atom is -0.451 e. The Morgan fingerprint density at radius 1 is 1.07 bits per heavy atom. The molecule has 1 fully saturated rings. The highest BCUT2D eigenvalue weighted by Crippen LogP contribution is 2.18. The van der Waals surface area contributed by atoms with E-state index in [1.165, 1.54) is 10.5 Å². The molecule has 3 aromatic rings. The van der Waals surface area contributed by atoms with Crippen LogP contribution in [0.15, 0.2) is 59.0 Å². The second-order valence-corrected chi connectivity index (χ2v) is 7.20. The highest BCUT2D eigenvalue weighted by molar-refractivity contribution is 7.80. The van der Waals surface area contributed by atoms with Gasteiger partial charge in [-0.15, -0.1) is 0 Å². The standard InChI is InChI=1S/C21H21N3O3S/c25-20(19-13-16-3-1-2-4-18(16)27-19)23-21(28)22-17-7-5-15(6-8-17)14-24-9-11-26-12-10-24/h1-8,13H,9-12,14H2,(H2,22,23,25,28)/p+1. The number of fused-ring (bicyclic) bond motifs is 1. The van der Waals surface area contributed by atoms with Gasteiger partial charge in [0.05, 0.1) is 13.2 Å². The van der Waals surface area contributed by atoms with Crippen LogP contribution >= 0.6 is 12.2 Å². The summed E-state index contributed by atoms with van der Waals surface area (Å²) in [6.07, 6.45) is 0. The van der Waals surface area contributed by atoms with Crippen molar-refractivity contribution in [3.8, 4) is 0 Å². The topological polar surface area (TPSA) is 67.9 Å². The highest BCUT2D eigenvalue weighted by atomic mass is 32.1. The Morgan fingerprint density at radius 2 is 1.82 bits per heavy atom. The summed E-state index contributed by atoms with van der Waals surface area (Å²) in [5.41, 5.74) is 2.76. The molecule has 2 aromatic carbocycles. The maximum Gasteiger partial charge on any atom is 0.293 e. The molecule has 0 aliphatic carbocycles. The number of para-hydroxylation sites is 1. The van der Waals surface area contributed by atoms with Gasteiger partial charge in [0.1, 0.15) is 25.2 Å². The van der Waals surface area contributed by atoms with Gasteiger partial charge in [-0.2, -0.15) is 0 Å². The van der Waals surface area contributed by atoms with Crippen molar-refractivity contribution >= 4 is 39.9 Å². The molecule has 1 aliphatic heterocycles. The number of benzene rings is 2. The number of carbonyl (C=O) groups excluding carboxylic acids is 1. The first-order chi connectivity index (χ1) is 13.7. The predicted octanol–water partition coefficient (Wildman–Crippen LogP) is 1.97. The van der Waals surface area contributed by atoms with E-state index in [4.69, 9.17) is 21.4 Å². The summed E-state index contributed by atoms with van der Waals surface area (Å²) in [6, 6.07) is 17.3. The molecule has 144 valence electrons. The van der Waals surface area contributed by atoms with Gasteiger partial charge < -0.3 is 19.4 Å². The fourth-order valence-electron chi connectivity index (χ4n) is 3.25. The SMILES string of the molecule is O=C(NC(=S)Nc1ccc(C[NH+]2CCOCC2)cc1)c1cc2ccccc2o1. The van der Waals surface area contributed by atoms with Crippen LogP contribution in [0.25, 0.3) is 11.0 Å². The Hall–Kier alpha value is -2.74. The van der Waals surface area contributed by atoms with Crippen molar-refractivity contribution in [1.29, 1.82) is 0 Å². The number of carbonyl (C=O) groups is 1. The van der Waals surface area contributed by atoms with Gasteiger partial charge in [0.15, 0.2) is 10.9 Å². The van der Waals surface area contributed by atoms with Crippen LogP contribution in [0.4, 0.5) is 5.69 Å². The van der Waals surface area contributed by atoms with Crippen LogP contribution in [0.1, 0.15) is 16.1 Å². The van der Waals surface area contributed by atoms with Crippen molar-refractivity contribution in [2.45, 2.75) is 6.54 Å². The number of quaternary nitrogens is 1. The molecule has 7 heteroatoms. The lowest BCUT2D eigenvalue weighted by Crippen LogP contribution is -3.12. The maximum atomic E-state index is 12.3. The zero-order valence-corrected chi connectivity index (χ0v) is 16.2. The summed E-state index contributed by atoms with van der Waals surface area (Å²) in [7, 11) is 0.